The molecule has 1 saturated carbocycles. The number of sulfonamides is 1. The van der Waals surface area contributed by atoms with Crippen molar-refractivity contribution < 1.29 is 8.42 Å². The Hall–Kier alpha value is -0.130. The SMILES string of the molecule is O=S(=O)(CC1CCCC1)N1CCC2(CCNC2)C1. The van der Waals surface area contributed by atoms with Crippen LogP contribution in [-0.4, -0.2) is 44.7 Å². The van der Waals surface area contributed by atoms with Crippen LogP contribution in [0.3, 0.4) is 0 Å². The molecule has 18 heavy (non-hydrogen) atoms. The van der Waals surface area contributed by atoms with E-state index in [1.54, 1.807) is 4.31 Å². The van der Waals surface area contributed by atoms with Gasteiger partial charge in [0, 0.05) is 19.6 Å². The standard InChI is InChI=1S/C13H24N2O2S/c16-18(17,9-12-3-1-2-4-12)15-8-6-13(11-15)5-7-14-10-13/h12,14H,1-11H2. The average Bonchev–Trinajstić information content (AvgIpc) is 3.03. The van der Waals surface area contributed by atoms with Crippen LogP contribution >= 0.6 is 0 Å². The van der Waals surface area contributed by atoms with Gasteiger partial charge in [0.25, 0.3) is 0 Å². The number of hydrogen-bond acceptors (Lipinski definition) is 3. The van der Waals surface area contributed by atoms with Crippen molar-refractivity contribution in [2.75, 3.05) is 31.9 Å². The topological polar surface area (TPSA) is 49.4 Å². The lowest BCUT2D eigenvalue weighted by Crippen LogP contribution is -2.36. The van der Waals surface area contributed by atoms with Crippen LogP contribution in [0.4, 0.5) is 0 Å². The minimum absolute atomic E-state index is 0.253. The normalized spacial score (nSPS) is 34.9. The predicted octanol–water partition coefficient (Wildman–Crippen LogP) is 1.19. The Morgan fingerprint density at radius 3 is 2.67 bits per heavy atom. The summed E-state index contributed by atoms with van der Waals surface area (Å²) in [5.41, 5.74) is 0.253. The van der Waals surface area contributed by atoms with Crippen LogP contribution in [0.1, 0.15) is 38.5 Å². The molecule has 2 saturated heterocycles. The highest BCUT2D eigenvalue weighted by atomic mass is 32.2. The molecule has 0 aromatic heterocycles. The molecule has 5 heteroatoms. The molecule has 2 aliphatic heterocycles. The van der Waals surface area contributed by atoms with Gasteiger partial charge in [-0.15, -0.1) is 0 Å². The zero-order valence-corrected chi connectivity index (χ0v) is 11.8. The van der Waals surface area contributed by atoms with Crippen LogP contribution in [0.2, 0.25) is 0 Å². The van der Waals surface area contributed by atoms with Crippen LogP contribution < -0.4 is 5.32 Å². The molecule has 0 aromatic rings. The van der Waals surface area contributed by atoms with Gasteiger partial charge in [-0.2, -0.15) is 0 Å². The summed E-state index contributed by atoms with van der Waals surface area (Å²) in [6, 6.07) is 0. The molecule has 1 atom stereocenters. The Labute approximate surface area is 110 Å². The molecule has 1 N–H and O–H groups in total. The van der Waals surface area contributed by atoms with E-state index in [1.807, 2.05) is 0 Å². The highest BCUT2D eigenvalue weighted by Crippen LogP contribution is 2.38. The lowest BCUT2D eigenvalue weighted by atomic mass is 9.87. The highest BCUT2D eigenvalue weighted by Gasteiger charge is 2.44. The smallest absolute Gasteiger partial charge is 0.214 e. The van der Waals surface area contributed by atoms with E-state index < -0.39 is 10.0 Å². The van der Waals surface area contributed by atoms with Crippen molar-refractivity contribution in [2.24, 2.45) is 11.3 Å². The van der Waals surface area contributed by atoms with Gasteiger partial charge in [0.1, 0.15) is 0 Å². The van der Waals surface area contributed by atoms with Crippen molar-refractivity contribution in [3.63, 3.8) is 0 Å². The zero-order valence-electron chi connectivity index (χ0n) is 11.0. The third kappa shape index (κ3) is 2.45. The summed E-state index contributed by atoms with van der Waals surface area (Å²) in [6.07, 6.45) is 6.84. The van der Waals surface area contributed by atoms with Crippen molar-refractivity contribution in [1.82, 2.24) is 9.62 Å². The molecule has 2 heterocycles. The maximum Gasteiger partial charge on any atom is 0.214 e. The number of nitrogens with one attached hydrogen (secondary N) is 1. The molecule has 1 spiro atoms. The fourth-order valence-corrected chi connectivity index (χ4v) is 5.84. The number of nitrogens with zero attached hydrogens (tertiary/aromatic N) is 1. The molecule has 0 amide bonds. The molecule has 104 valence electrons. The zero-order chi connectivity index (χ0) is 12.6. The van der Waals surface area contributed by atoms with Gasteiger partial charge in [-0.25, -0.2) is 12.7 Å². The maximum atomic E-state index is 12.4. The first-order valence-corrected chi connectivity index (χ1v) is 8.89. The second-order valence-corrected chi connectivity index (χ2v) is 8.45. The lowest BCUT2D eigenvalue weighted by Gasteiger charge is -2.23. The number of hydrogen-bond donors (Lipinski definition) is 1. The second kappa shape index (κ2) is 4.76. The first-order chi connectivity index (χ1) is 8.60. The van der Waals surface area contributed by atoms with E-state index in [-0.39, 0.29) is 5.41 Å². The molecule has 1 unspecified atom stereocenters. The minimum Gasteiger partial charge on any atom is -0.316 e. The van der Waals surface area contributed by atoms with Gasteiger partial charge in [0.2, 0.25) is 10.0 Å². The van der Waals surface area contributed by atoms with Crippen molar-refractivity contribution in [1.29, 1.82) is 0 Å². The highest BCUT2D eigenvalue weighted by molar-refractivity contribution is 7.89. The molecule has 4 nitrogen and oxygen atoms in total. The van der Waals surface area contributed by atoms with E-state index in [0.29, 0.717) is 11.7 Å². The summed E-state index contributed by atoms with van der Waals surface area (Å²) >= 11 is 0. The van der Waals surface area contributed by atoms with Gasteiger partial charge in [-0.3, -0.25) is 0 Å². The molecular weight excluding hydrogens is 248 g/mol. The summed E-state index contributed by atoms with van der Waals surface area (Å²) in [4.78, 5) is 0. The lowest BCUT2D eigenvalue weighted by molar-refractivity contribution is 0.337. The molecule has 3 fully saturated rings. The van der Waals surface area contributed by atoms with Crippen LogP contribution in [0.15, 0.2) is 0 Å². The van der Waals surface area contributed by atoms with E-state index >= 15 is 0 Å². The van der Waals surface area contributed by atoms with Gasteiger partial charge in [0.15, 0.2) is 0 Å². The molecule has 1 aliphatic carbocycles. The van der Waals surface area contributed by atoms with E-state index in [2.05, 4.69) is 5.32 Å². The predicted molar refractivity (Wildman–Crippen MR) is 71.9 cm³/mol. The van der Waals surface area contributed by atoms with E-state index in [0.717, 1.165) is 51.9 Å². The third-order valence-electron chi connectivity index (χ3n) is 5.05. The summed E-state index contributed by atoms with van der Waals surface area (Å²) in [7, 11) is -3.00. The number of rotatable bonds is 3. The van der Waals surface area contributed by atoms with Crippen LogP contribution in [0.5, 0.6) is 0 Å². The first-order valence-electron chi connectivity index (χ1n) is 7.28. The summed E-state index contributed by atoms with van der Waals surface area (Å²) in [6.45, 7) is 3.56. The Kier molecular flexibility index (Phi) is 3.41. The first kappa shape index (κ1) is 12.9. The Bertz CT molecular complexity index is 395. The second-order valence-electron chi connectivity index (χ2n) is 6.44. The van der Waals surface area contributed by atoms with Crippen molar-refractivity contribution in [2.45, 2.75) is 38.5 Å². The van der Waals surface area contributed by atoms with E-state index in [1.165, 1.54) is 12.8 Å². The van der Waals surface area contributed by atoms with Gasteiger partial charge in [-0.05, 0) is 43.6 Å². The molecule has 0 radical (unpaired) electrons. The molecule has 3 aliphatic rings. The Balaban J connectivity index is 1.63. The molecular formula is C13H24N2O2S. The molecule has 3 rings (SSSR count). The van der Waals surface area contributed by atoms with Crippen molar-refractivity contribution in [3.05, 3.63) is 0 Å². The quantitative estimate of drug-likeness (QED) is 0.839. The van der Waals surface area contributed by atoms with Crippen LogP contribution in [0, 0.1) is 11.3 Å². The van der Waals surface area contributed by atoms with Gasteiger partial charge in [0.05, 0.1) is 5.75 Å². The minimum atomic E-state index is -3.00. The van der Waals surface area contributed by atoms with Crippen LogP contribution in [-0.2, 0) is 10.0 Å². The molecule has 0 aromatic carbocycles. The summed E-state index contributed by atoms with van der Waals surface area (Å²) in [5.74, 6) is 0.824. The van der Waals surface area contributed by atoms with E-state index in [9.17, 15) is 8.42 Å². The van der Waals surface area contributed by atoms with Crippen molar-refractivity contribution >= 4 is 10.0 Å². The Morgan fingerprint density at radius 2 is 2.00 bits per heavy atom. The Morgan fingerprint density at radius 1 is 1.22 bits per heavy atom. The largest absolute Gasteiger partial charge is 0.316 e. The fraction of sp³-hybridized carbons (Fsp3) is 1.00. The third-order valence-corrected chi connectivity index (χ3v) is 7.04. The summed E-state index contributed by atoms with van der Waals surface area (Å²) in [5, 5.41) is 3.38. The van der Waals surface area contributed by atoms with Gasteiger partial charge >= 0.3 is 0 Å². The summed E-state index contributed by atoms with van der Waals surface area (Å²) < 4.78 is 26.6. The average molecular weight is 272 g/mol. The van der Waals surface area contributed by atoms with Gasteiger partial charge < -0.3 is 5.32 Å². The van der Waals surface area contributed by atoms with Gasteiger partial charge in [-0.1, -0.05) is 12.8 Å². The van der Waals surface area contributed by atoms with Crippen LogP contribution in [0.25, 0.3) is 0 Å². The maximum absolute atomic E-state index is 12.4. The van der Waals surface area contributed by atoms with Crippen molar-refractivity contribution in [3.8, 4) is 0 Å². The monoisotopic (exact) mass is 272 g/mol. The van der Waals surface area contributed by atoms with E-state index in [4.69, 9.17) is 0 Å². The fourth-order valence-electron chi connectivity index (χ4n) is 3.86. The molecule has 0 bridgehead atoms.